The lowest BCUT2D eigenvalue weighted by molar-refractivity contribution is 0.0697. The van der Waals surface area contributed by atoms with Gasteiger partial charge in [-0.15, -0.1) is 11.3 Å². The quantitative estimate of drug-likeness (QED) is 0.902. The maximum Gasteiger partial charge on any atom is 0.337 e. The minimum Gasteiger partial charge on any atom is -0.478 e. The van der Waals surface area contributed by atoms with E-state index in [1.807, 2.05) is 6.92 Å². The van der Waals surface area contributed by atoms with Crippen molar-refractivity contribution in [1.82, 2.24) is 4.98 Å². The van der Waals surface area contributed by atoms with Crippen molar-refractivity contribution in [1.29, 1.82) is 0 Å². The standard InChI is InChI=1S/C12H11ClN2O2S/c1-7-11(18-6-15-7)5-14-8-2-3-10(13)9(4-8)12(16)17/h2-4,6,14H,5H2,1H3,(H,16,17). The van der Waals surface area contributed by atoms with E-state index in [9.17, 15) is 4.79 Å². The Morgan fingerprint density at radius 2 is 2.33 bits per heavy atom. The lowest BCUT2D eigenvalue weighted by Gasteiger charge is -2.07. The highest BCUT2D eigenvalue weighted by molar-refractivity contribution is 7.09. The maximum absolute atomic E-state index is 10.9. The summed E-state index contributed by atoms with van der Waals surface area (Å²) in [5, 5.41) is 12.4. The molecule has 0 radical (unpaired) electrons. The number of hydrogen-bond acceptors (Lipinski definition) is 4. The number of nitrogens with one attached hydrogen (secondary N) is 1. The molecule has 0 aliphatic carbocycles. The Hall–Kier alpha value is -1.59. The molecular formula is C12H11ClN2O2S. The van der Waals surface area contributed by atoms with E-state index in [1.54, 1.807) is 29.0 Å². The third-order valence-electron chi connectivity index (χ3n) is 2.49. The number of carboxylic acid groups (broad SMARTS) is 1. The van der Waals surface area contributed by atoms with Gasteiger partial charge in [0.05, 0.1) is 28.3 Å². The summed E-state index contributed by atoms with van der Waals surface area (Å²) < 4.78 is 0. The summed E-state index contributed by atoms with van der Waals surface area (Å²) in [5.74, 6) is -1.03. The van der Waals surface area contributed by atoms with Gasteiger partial charge in [0, 0.05) is 10.6 Å². The highest BCUT2D eigenvalue weighted by Crippen LogP contribution is 2.22. The van der Waals surface area contributed by atoms with Crippen LogP contribution >= 0.6 is 22.9 Å². The second-order valence-electron chi connectivity index (χ2n) is 3.71. The first kappa shape index (κ1) is 12.9. The number of nitrogens with zero attached hydrogens (tertiary/aromatic N) is 1. The van der Waals surface area contributed by atoms with Gasteiger partial charge in [-0.2, -0.15) is 0 Å². The van der Waals surface area contributed by atoms with Gasteiger partial charge in [-0.05, 0) is 25.1 Å². The van der Waals surface area contributed by atoms with Crippen LogP contribution in [0.25, 0.3) is 0 Å². The van der Waals surface area contributed by atoms with Crippen molar-refractivity contribution in [2.24, 2.45) is 0 Å². The first-order chi connectivity index (χ1) is 8.58. The van der Waals surface area contributed by atoms with Gasteiger partial charge < -0.3 is 10.4 Å². The fourth-order valence-corrected chi connectivity index (χ4v) is 2.39. The van der Waals surface area contributed by atoms with Crippen LogP contribution in [0.5, 0.6) is 0 Å². The molecule has 0 atom stereocenters. The minimum absolute atomic E-state index is 0.0997. The Labute approximate surface area is 113 Å². The van der Waals surface area contributed by atoms with Gasteiger partial charge in [-0.1, -0.05) is 11.6 Å². The van der Waals surface area contributed by atoms with E-state index >= 15 is 0 Å². The first-order valence-electron chi connectivity index (χ1n) is 5.23. The van der Waals surface area contributed by atoms with Gasteiger partial charge in [-0.3, -0.25) is 0 Å². The number of anilines is 1. The summed E-state index contributed by atoms with van der Waals surface area (Å²) in [6.07, 6.45) is 0. The molecule has 2 rings (SSSR count). The predicted octanol–water partition coefficient (Wildman–Crippen LogP) is 3.42. The van der Waals surface area contributed by atoms with Gasteiger partial charge in [0.2, 0.25) is 0 Å². The largest absolute Gasteiger partial charge is 0.478 e. The Morgan fingerprint density at radius 1 is 1.56 bits per heavy atom. The van der Waals surface area contributed by atoms with E-state index in [0.29, 0.717) is 6.54 Å². The second kappa shape index (κ2) is 5.37. The SMILES string of the molecule is Cc1ncsc1CNc1ccc(Cl)c(C(=O)O)c1. The molecule has 18 heavy (non-hydrogen) atoms. The Kier molecular flexibility index (Phi) is 3.84. The molecule has 94 valence electrons. The van der Waals surface area contributed by atoms with Gasteiger partial charge in [0.15, 0.2) is 0 Å². The molecule has 0 unspecified atom stereocenters. The summed E-state index contributed by atoms with van der Waals surface area (Å²) in [4.78, 5) is 16.2. The molecule has 1 aromatic heterocycles. The smallest absolute Gasteiger partial charge is 0.337 e. The molecule has 1 aromatic carbocycles. The molecule has 0 aliphatic heterocycles. The number of aryl methyl sites for hydroxylation is 1. The zero-order chi connectivity index (χ0) is 13.1. The molecule has 2 aromatic rings. The van der Waals surface area contributed by atoms with Crippen LogP contribution in [0.1, 0.15) is 20.9 Å². The summed E-state index contributed by atoms with van der Waals surface area (Å²) in [5.41, 5.74) is 3.60. The number of rotatable bonds is 4. The van der Waals surface area contributed by atoms with Crippen LogP contribution in [0.3, 0.4) is 0 Å². The van der Waals surface area contributed by atoms with Crippen molar-refractivity contribution in [3.8, 4) is 0 Å². The van der Waals surface area contributed by atoms with E-state index in [4.69, 9.17) is 16.7 Å². The maximum atomic E-state index is 10.9. The van der Waals surface area contributed by atoms with Crippen LogP contribution in [0.4, 0.5) is 5.69 Å². The summed E-state index contributed by atoms with van der Waals surface area (Å²) in [6.45, 7) is 2.56. The molecule has 0 spiro atoms. The molecule has 2 N–H and O–H groups in total. The van der Waals surface area contributed by atoms with Crippen LogP contribution in [-0.4, -0.2) is 16.1 Å². The number of carbonyl (C=O) groups is 1. The molecular weight excluding hydrogens is 272 g/mol. The van der Waals surface area contributed by atoms with Crippen LogP contribution in [0.15, 0.2) is 23.7 Å². The highest BCUT2D eigenvalue weighted by Gasteiger charge is 2.09. The minimum atomic E-state index is -1.03. The van der Waals surface area contributed by atoms with Crippen molar-refractivity contribution < 1.29 is 9.90 Å². The number of thiazole rings is 1. The molecule has 0 aliphatic rings. The Balaban J connectivity index is 2.13. The monoisotopic (exact) mass is 282 g/mol. The van der Waals surface area contributed by atoms with Crippen LogP contribution < -0.4 is 5.32 Å². The fourth-order valence-electron chi connectivity index (χ4n) is 1.48. The van der Waals surface area contributed by atoms with Gasteiger partial charge in [0.25, 0.3) is 0 Å². The van der Waals surface area contributed by atoms with Crippen molar-refractivity contribution in [3.05, 3.63) is 44.9 Å². The Morgan fingerprint density at radius 3 is 2.94 bits per heavy atom. The number of benzene rings is 1. The molecule has 6 heteroatoms. The van der Waals surface area contributed by atoms with E-state index in [2.05, 4.69) is 10.3 Å². The topological polar surface area (TPSA) is 62.2 Å². The van der Waals surface area contributed by atoms with Crippen LogP contribution in [0, 0.1) is 6.92 Å². The van der Waals surface area contributed by atoms with Crippen molar-refractivity contribution in [2.45, 2.75) is 13.5 Å². The van der Waals surface area contributed by atoms with E-state index in [0.717, 1.165) is 16.3 Å². The van der Waals surface area contributed by atoms with Gasteiger partial charge in [0.1, 0.15) is 0 Å². The van der Waals surface area contributed by atoms with Crippen molar-refractivity contribution >= 4 is 34.6 Å². The lowest BCUT2D eigenvalue weighted by Crippen LogP contribution is -2.02. The van der Waals surface area contributed by atoms with Crippen LogP contribution in [-0.2, 0) is 6.54 Å². The molecule has 0 saturated carbocycles. The van der Waals surface area contributed by atoms with Crippen molar-refractivity contribution in [2.75, 3.05) is 5.32 Å². The molecule has 0 fully saturated rings. The number of halogens is 1. The van der Waals surface area contributed by atoms with Gasteiger partial charge in [-0.25, -0.2) is 9.78 Å². The summed E-state index contributed by atoms with van der Waals surface area (Å²) >= 11 is 7.37. The molecule has 0 amide bonds. The average molecular weight is 283 g/mol. The Bertz CT molecular complexity index is 583. The molecule has 4 nitrogen and oxygen atoms in total. The average Bonchev–Trinajstić information content (AvgIpc) is 2.73. The lowest BCUT2D eigenvalue weighted by atomic mass is 10.2. The molecule has 1 heterocycles. The third kappa shape index (κ3) is 2.80. The highest BCUT2D eigenvalue weighted by atomic mass is 35.5. The third-order valence-corrected chi connectivity index (χ3v) is 3.76. The second-order valence-corrected chi connectivity index (χ2v) is 5.06. The number of aromatic carboxylic acids is 1. The molecule has 0 saturated heterocycles. The summed E-state index contributed by atoms with van der Waals surface area (Å²) in [6, 6.07) is 4.86. The number of aromatic nitrogens is 1. The van der Waals surface area contributed by atoms with E-state index in [1.165, 1.54) is 6.07 Å². The normalized spacial score (nSPS) is 10.3. The zero-order valence-corrected chi connectivity index (χ0v) is 11.2. The van der Waals surface area contributed by atoms with Gasteiger partial charge >= 0.3 is 5.97 Å². The summed E-state index contributed by atoms with van der Waals surface area (Å²) in [7, 11) is 0. The van der Waals surface area contributed by atoms with Crippen LogP contribution in [0.2, 0.25) is 5.02 Å². The number of carboxylic acids is 1. The van der Waals surface area contributed by atoms with E-state index in [-0.39, 0.29) is 10.6 Å². The molecule has 0 bridgehead atoms. The fraction of sp³-hybridized carbons (Fsp3) is 0.167. The number of hydrogen-bond donors (Lipinski definition) is 2. The zero-order valence-electron chi connectivity index (χ0n) is 9.61. The van der Waals surface area contributed by atoms with E-state index < -0.39 is 5.97 Å². The first-order valence-corrected chi connectivity index (χ1v) is 6.49. The predicted molar refractivity (Wildman–Crippen MR) is 72.6 cm³/mol. The van der Waals surface area contributed by atoms with Crippen molar-refractivity contribution in [3.63, 3.8) is 0 Å².